The molecule has 5 aromatic rings. The molecule has 0 spiro atoms. The van der Waals surface area contributed by atoms with E-state index in [2.05, 4.69) is 30.5 Å². The van der Waals surface area contributed by atoms with Crippen molar-refractivity contribution in [1.82, 2.24) is 29.8 Å². The Morgan fingerprint density at radius 1 is 1.07 bits per heavy atom. The summed E-state index contributed by atoms with van der Waals surface area (Å²) in [4.78, 5) is 17.7. The predicted octanol–water partition coefficient (Wildman–Crippen LogP) is 5.96. The minimum Gasteiger partial charge on any atom is -0.490 e. The largest absolute Gasteiger partial charge is 0.490 e. The lowest BCUT2D eigenvalue weighted by atomic mass is 10.0. The average Bonchev–Trinajstić information content (AvgIpc) is 3.71. The molecular weight excluding hydrogens is 563 g/mol. The number of amides is 1. The molecule has 1 aliphatic rings. The molecule has 210 valence electrons. The number of aromatic nitrogens is 6. The molecule has 1 amide bonds. The third-order valence-electron chi connectivity index (χ3n) is 7.33. The second kappa shape index (κ2) is 11.4. The number of hydrogen-bond acceptors (Lipinski definition) is 6. The Labute approximate surface area is 246 Å². The summed E-state index contributed by atoms with van der Waals surface area (Å²) in [6.45, 7) is 2.38. The minimum atomic E-state index is -0.314. The number of nitrogens with one attached hydrogen (secondary N) is 2. The maximum absolute atomic E-state index is 12.7. The zero-order valence-electron chi connectivity index (χ0n) is 22.6. The molecule has 0 saturated heterocycles. The van der Waals surface area contributed by atoms with Crippen molar-refractivity contribution in [2.75, 3.05) is 5.32 Å². The molecule has 2 heterocycles. The fourth-order valence-corrected chi connectivity index (χ4v) is 5.57. The third kappa shape index (κ3) is 5.71. The number of carbonyl (C=O) groups excluding carboxylic acids is 1. The molecule has 0 atom stereocenters. The Morgan fingerprint density at radius 3 is 2.49 bits per heavy atom. The van der Waals surface area contributed by atoms with Crippen molar-refractivity contribution in [3.63, 3.8) is 0 Å². The van der Waals surface area contributed by atoms with Crippen molar-refractivity contribution in [2.45, 2.75) is 45.3 Å². The van der Waals surface area contributed by atoms with E-state index in [-0.39, 0.29) is 11.9 Å². The molecule has 3 aromatic carbocycles. The van der Waals surface area contributed by atoms with Crippen LogP contribution in [0.15, 0.2) is 59.6 Å². The van der Waals surface area contributed by atoms with Gasteiger partial charge in [0.15, 0.2) is 0 Å². The van der Waals surface area contributed by atoms with Crippen LogP contribution in [0, 0.1) is 6.92 Å². The first-order chi connectivity index (χ1) is 19.9. The Hall–Kier alpha value is -4.15. The molecule has 2 N–H and O–H groups in total. The number of hydrogen-bond donors (Lipinski definition) is 2. The van der Waals surface area contributed by atoms with E-state index in [4.69, 9.17) is 32.9 Å². The van der Waals surface area contributed by atoms with Gasteiger partial charge in [-0.25, -0.2) is 4.99 Å². The first-order valence-electron chi connectivity index (χ1n) is 13.4. The van der Waals surface area contributed by atoms with Gasteiger partial charge in [-0.3, -0.25) is 10.1 Å². The van der Waals surface area contributed by atoms with Crippen LogP contribution in [0.2, 0.25) is 10.0 Å². The summed E-state index contributed by atoms with van der Waals surface area (Å²) in [6.07, 6.45) is 4.97. The van der Waals surface area contributed by atoms with Crippen LogP contribution in [0.3, 0.4) is 0 Å². The summed E-state index contributed by atoms with van der Waals surface area (Å²) in [5.41, 5.74) is 5.61. The van der Waals surface area contributed by atoms with Gasteiger partial charge < -0.3 is 13.9 Å². The molecule has 10 nitrogen and oxygen atoms in total. The molecule has 1 fully saturated rings. The van der Waals surface area contributed by atoms with Crippen LogP contribution < -0.4 is 15.7 Å². The number of benzene rings is 3. The van der Waals surface area contributed by atoms with Crippen molar-refractivity contribution in [2.24, 2.45) is 12.0 Å². The van der Waals surface area contributed by atoms with Gasteiger partial charge in [-0.2, -0.15) is 5.21 Å². The molecule has 0 unspecified atom stereocenters. The summed E-state index contributed by atoms with van der Waals surface area (Å²) >= 11 is 12.8. The maximum atomic E-state index is 12.7. The Morgan fingerprint density at radius 2 is 1.80 bits per heavy atom. The monoisotopic (exact) mass is 590 g/mol. The summed E-state index contributed by atoms with van der Waals surface area (Å²) in [5, 5.41) is 16.9. The van der Waals surface area contributed by atoms with Gasteiger partial charge in [0, 0.05) is 12.6 Å². The number of halogens is 2. The highest BCUT2D eigenvalue weighted by Gasteiger charge is 2.17. The van der Waals surface area contributed by atoms with Gasteiger partial charge in [0.05, 0.1) is 39.4 Å². The number of fused-ring (bicyclic) bond motifs is 1. The molecule has 2 aromatic heterocycles. The van der Waals surface area contributed by atoms with Gasteiger partial charge in [0.1, 0.15) is 5.75 Å². The molecule has 6 rings (SSSR count). The van der Waals surface area contributed by atoms with E-state index in [9.17, 15) is 4.79 Å². The Kier molecular flexibility index (Phi) is 7.51. The molecular formula is C29H28Cl2N8O2. The number of tetrazole rings is 1. The zero-order chi connectivity index (χ0) is 28.5. The lowest BCUT2D eigenvalue weighted by Gasteiger charge is -2.12. The number of rotatable bonds is 7. The first kappa shape index (κ1) is 27.0. The Bertz CT molecular complexity index is 1790. The topological polar surface area (TPSA) is 115 Å². The number of anilines is 1. The van der Waals surface area contributed by atoms with Crippen molar-refractivity contribution < 1.29 is 9.53 Å². The van der Waals surface area contributed by atoms with Crippen molar-refractivity contribution in [1.29, 1.82) is 0 Å². The quantitative estimate of drug-likeness (QED) is 0.242. The van der Waals surface area contributed by atoms with E-state index in [1.54, 1.807) is 6.07 Å². The van der Waals surface area contributed by atoms with Crippen molar-refractivity contribution in [3.8, 4) is 5.75 Å². The van der Waals surface area contributed by atoms with Crippen LogP contribution in [-0.2, 0) is 13.6 Å². The lowest BCUT2D eigenvalue weighted by molar-refractivity contribution is 0.102. The summed E-state index contributed by atoms with van der Waals surface area (Å²) in [5.74, 6) is 0.661. The number of imidazole rings is 1. The second-order valence-corrected chi connectivity index (χ2v) is 11.0. The highest BCUT2D eigenvalue weighted by molar-refractivity contribution is 6.42. The van der Waals surface area contributed by atoms with E-state index in [0.29, 0.717) is 28.3 Å². The number of H-pyrrole nitrogens is 1. The van der Waals surface area contributed by atoms with Gasteiger partial charge in [0.25, 0.3) is 11.9 Å². The van der Waals surface area contributed by atoms with Gasteiger partial charge >= 0.3 is 0 Å². The normalized spacial score (nSPS) is 14.2. The summed E-state index contributed by atoms with van der Waals surface area (Å²) < 4.78 is 10.2. The van der Waals surface area contributed by atoms with Crippen LogP contribution >= 0.6 is 23.2 Å². The average molecular weight is 592 g/mol. The molecule has 1 saturated carbocycles. The molecule has 0 radical (unpaired) electrons. The van der Waals surface area contributed by atoms with Crippen LogP contribution in [0.25, 0.3) is 11.0 Å². The molecule has 1 aliphatic carbocycles. The third-order valence-corrected chi connectivity index (χ3v) is 8.05. The number of aromatic amines is 1. The lowest BCUT2D eigenvalue weighted by Crippen LogP contribution is -2.24. The molecule has 0 bridgehead atoms. The summed E-state index contributed by atoms with van der Waals surface area (Å²) in [6, 6.07) is 17.3. The van der Waals surface area contributed by atoms with E-state index >= 15 is 0 Å². The highest BCUT2D eigenvalue weighted by atomic mass is 35.5. The standard InChI is InChI=1S/C29H28Cl2N8O2/c1-17-13-18(7-12-22(17)27(40)33-28-34-36-37-35-28)16-39-26-15-24(31)23(30)14-25(26)38(2)29(39)32-19-8-10-21(11-9-19)41-20-5-3-4-6-20/h7-15,20H,3-6,16H2,1-2H3,(H2,33,34,35,36,37,40). The first-order valence-corrected chi connectivity index (χ1v) is 14.1. The fraction of sp³-hybridized carbons (Fsp3) is 0.276. The SMILES string of the molecule is Cc1cc(Cn2c(=Nc3ccc(OC4CCCC4)cc3)n(C)c3cc(Cl)c(Cl)cc32)ccc1C(=O)Nc1nn[nH]n1. The van der Waals surface area contributed by atoms with E-state index in [1.807, 2.05) is 67.1 Å². The van der Waals surface area contributed by atoms with Crippen molar-refractivity contribution >= 4 is 51.8 Å². The van der Waals surface area contributed by atoms with E-state index in [1.165, 1.54) is 12.8 Å². The van der Waals surface area contributed by atoms with Crippen LogP contribution in [-0.4, -0.2) is 41.8 Å². The number of nitrogens with zero attached hydrogens (tertiary/aromatic N) is 6. The summed E-state index contributed by atoms with van der Waals surface area (Å²) in [7, 11) is 1.95. The van der Waals surface area contributed by atoms with Gasteiger partial charge in [0.2, 0.25) is 5.62 Å². The number of ether oxygens (including phenoxy) is 1. The predicted molar refractivity (Wildman–Crippen MR) is 158 cm³/mol. The maximum Gasteiger partial charge on any atom is 0.270 e. The number of carbonyl (C=O) groups is 1. The van der Waals surface area contributed by atoms with E-state index < -0.39 is 0 Å². The van der Waals surface area contributed by atoms with Crippen LogP contribution in [0.5, 0.6) is 5.75 Å². The molecule has 12 heteroatoms. The minimum absolute atomic E-state index is 0.115. The van der Waals surface area contributed by atoms with Crippen LogP contribution in [0.1, 0.15) is 47.2 Å². The van der Waals surface area contributed by atoms with Gasteiger partial charge in [-0.05, 0) is 91.4 Å². The van der Waals surface area contributed by atoms with E-state index in [0.717, 1.165) is 52.1 Å². The smallest absolute Gasteiger partial charge is 0.270 e. The fourth-order valence-electron chi connectivity index (χ4n) is 5.26. The molecule has 41 heavy (non-hydrogen) atoms. The molecule has 0 aliphatic heterocycles. The van der Waals surface area contributed by atoms with Gasteiger partial charge in [-0.1, -0.05) is 40.4 Å². The van der Waals surface area contributed by atoms with Gasteiger partial charge in [-0.15, -0.1) is 5.10 Å². The Balaban J connectivity index is 1.35. The number of aryl methyl sites for hydroxylation is 2. The van der Waals surface area contributed by atoms with Crippen LogP contribution in [0.4, 0.5) is 11.6 Å². The highest BCUT2D eigenvalue weighted by Crippen LogP contribution is 2.29. The van der Waals surface area contributed by atoms with Crippen molar-refractivity contribution in [3.05, 3.63) is 87.0 Å². The second-order valence-electron chi connectivity index (χ2n) is 10.2. The zero-order valence-corrected chi connectivity index (χ0v) is 24.1.